The van der Waals surface area contributed by atoms with Crippen LogP contribution in [0.5, 0.6) is 0 Å². The van der Waals surface area contributed by atoms with Gasteiger partial charge in [0.1, 0.15) is 36.7 Å². The molecule has 20 heteroatoms. The molecule has 9 atom stereocenters. The molecule has 0 bridgehead atoms. The number of rotatable bonds is 9. The fraction of sp³-hybridized carbons (Fsp3) is 0.750. The number of aryl methyl sites for hydroxylation is 1. The molecule has 2 unspecified atom stereocenters. The third kappa shape index (κ3) is 6.75. The number of hydrogen-bond donors (Lipinski definition) is 8. The van der Waals surface area contributed by atoms with Crippen molar-refractivity contribution in [3.8, 4) is 0 Å². The third-order valence-corrected chi connectivity index (χ3v) is 7.98. The van der Waals surface area contributed by atoms with E-state index in [0.717, 1.165) is 4.57 Å². The van der Waals surface area contributed by atoms with E-state index < -0.39 is 82.6 Å². The van der Waals surface area contributed by atoms with Crippen LogP contribution in [0.4, 0.5) is 0 Å². The summed E-state index contributed by atoms with van der Waals surface area (Å²) in [5.74, 6) is 0. The Labute approximate surface area is 202 Å². The van der Waals surface area contributed by atoms with E-state index in [1.54, 1.807) is 0 Å². The van der Waals surface area contributed by atoms with Crippen LogP contribution in [0.2, 0.25) is 0 Å². The summed E-state index contributed by atoms with van der Waals surface area (Å²) in [7, 11) is -10.9. The van der Waals surface area contributed by atoms with Crippen LogP contribution in [-0.4, -0.2) is 95.8 Å². The quantitative estimate of drug-likeness (QED) is 0.135. The van der Waals surface area contributed by atoms with E-state index in [-0.39, 0.29) is 18.5 Å². The number of nitrogens with two attached hydrogens (primary N) is 1. The van der Waals surface area contributed by atoms with Gasteiger partial charge in [0.05, 0.1) is 12.7 Å². The Kier molecular flexibility index (Phi) is 9.08. The highest BCUT2D eigenvalue weighted by atomic mass is 31.3. The molecule has 2 saturated heterocycles. The fourth-order valence-electron chi connectivity index (χ4n) is 3.53. The average molecular weight is 563 g/mol. The Morgan fingerprint density at radius 1 is 1.11 bits per heavy atom. The van der Waals surface area contributed by atoms with Crippen molar-refractivity contribution in [2.75, 3.05) is 13.2 Å². The molecule has 2 aliphatic rings. The number of ether oxygens (including phenoxy) is 2. The highest BCUT2D eigenvalue weighted by Crippen LogP contribution is 2.62. The maximum absolute atomic E-state index is 13.0. The average Bonchev–Trinajstić information content (AvgIpc) is 3.14. The Morgan fingerprint density at radius 3 is 2.39 bits per heavy atom. The molecule has 0 amide bonds. The van der Waals surface area contributed by atoms with Gasteiger partial charge in [0.15, 0.2) is 6.29 Å². The molecule has 1 aromatic heterocycles. The van der Waals surface area contributed by atoms with E-state index in [4.69, 9.17) is 34.0 Å². The summed E-state index contributed by atoms with van der Waals surface area (Å²) in [6.07, 6.45) is -11.8. The van der Waals surface area contributed by atoms with Gasteiger partial charge in [0.25, 0.3) is 5.56 Å². The molecule has 0 aliphatic carbocycles. The van der Waals surface area contributed by atoms with Crippen molar-refractivity contribution in [3.05, 3.63) is 32.6 Å². The number of aromatic amines is 1. The maximum Gasteiger partial charge on any atom is 0.486 e. The number of hydrogen-bond acceptors (Lipinski definition) is 14. The van der Waals surface area contributed by atoms with Gasteiger partial charge in [-0.1, -0.05) is 0 Å². The number of aliphatic hydroxyl groups is 4. The van der Waals surface area contributed by atoms with Crippen LogP contribution < -0.4 is 17.0 Å². The summed E-state index contributed by atoms with van der Waals surface area (Å²) >= 11 is 0. The molecule has 0 radical (unpaired) electrons. The molecular weight excluding hydrogens is 536 g/mol. The summed E-state index contributed by atoms with van der Waals surface area (Å²) in [5.41, 5.74) is 4.12. The second-order valence-electron chi connectivity index (χ2n) is 8.08. The van der Waals surface area contributed by atoms with Crippen molar-refractivity contribution in [1.82, 2.24) is 9.55 Å². The molecule has 36 heavy (non-hydrogen) atoms. The van der Waals surface area contributed by atoms with E-state index in [9.17, 15) is 39.1 Å². The van der Waals surface area contributed by atoms with Gasteiger partial charge >= 0.3 is 21.3 Å². The van der Waals surface area contributed by atoms with Crippen LogP contribution in [0.25, 0.3) is 0 Å². The van der Waals surface area contributed by atoms with Crippen LogP contribution in [-0.2, 0) is 32.0 Å². The first-order chi connectivity index (χ1) is 16.6. The van der Waals surface area contributed by atoms with Gasteiger partial charge < -0.3 is 45.4 Å². The zero-order valence-corrected chi connectivity index (χ0v) is 20.4. The maximum atomic E-state index is 13.0. The van der Waals surface area contributed by atoms with E-state index in [1.165, 1.54) is 13.1 Å². The number of H-pyrrole nitrogens is 1. The van der Waals surface area contributed by atoms with E-state index in [0.29, 0.717) is 0 Å². The molecule has 3 rings (SSSR count). The molecule has 2 fully saturated rings. The molecular formula is C16H27N3O15P2. The Morgan fingerprint density at radius 2 is 1.78 bits per heavy atom. The van der Waals surface area contributed by atoms with Gasteiger partial charge in [-0.2, -0.15) is 4.31 Å². The first-order valence-corrected chi connectivity index (χ1v) is 13.4. The first-order valence-electron chi connectivity index (χ1n) is 10.4. The first kappa shape index (κ1) is 29.2. The lowest BCUT2D eigenvalue weighted by Gasteiger charge is -2.40. The molecule has 3 heterocycles. The second kappa shape index (κ2) is 11.2. The summed E-state index contributed by atoms with van der Waals surface area (Å²) < 4.78 is 49.9. The lowest BCUT2D eigenvalue weighted by atomic mass is 9.99. The largest absolute Gasteiger partial charge is 0.486 e. The Balaban J connectivity index is 1.75. The van der Waals surface area contributed by atoms with Crippen molar-refractivity contribution >= 4 is 15.6 Å². The van der Waals surface area contributed by atoms with E-state index in [2.05, 4.69) is 9.29 Å². The van der Waals surface area contributed by atoms with Crippen molar-refractivity contribution in [2.45, 2.75) is 62.5 Å². The van der Waals surface area contributed by atoms with Crippen molar-refractivity contribution in [3.63, 3.8) is 0 Å². The highest BCUT2D eigenvalue weighted by Gasteiger charge is 2.49. The Hall–Kier alpha value is -1.34. The minimum atomic E-state index is -5.55. The summed E-state index contributed by atoms with van der Waals surface area (Å²) in [6, 6.07) is 0. The van der Waals surface area contributed by atoms with Gasteiger partial charge in [-0.3, -0.25) is 23.4 Å². The lowest BCUT2D eigenvalue weighted by Crippen LogP contribution is -2.59. The zero-order chi connectivity index (χ0) is 27.0. The minimum Gasteiger partial charge on any atom is -0.390 e. The van der Waals surface area contributed by atoms with Crippen LogP contribution in [0.1, 0.15) is 18.2 Å². The normalized spacial score (nSPS) is 35.0. The number of phosphoric acid groups is 2. The van der Waals surface area contributed by atoms with Gasteiger partial charge in [-0.15, -0.1) is 0 Å². The lowest BCUT2D eigenvalue weighted by molar-refractivity contribution is -0.273. The highest BCUT2D eigenvalue weighted by molar-refractivity contribution is 7.61. The molecule has 1 aromatic rings. The molecule has 9 N–H and O–H groups in total. The number of nitrogens with zero attached hydrogens (tertiary/aromatic N) is 1. The fourth-order valence-corrected chi connectivity index (χ4v) is 5.73. The van der Waals surface area contributed by atoms with Gasteiger partial charge in [0.2, 0.25) is 0 Å². The standard InChI is InChI=1S/C16H27N3O15P2/c1-6-4-19(16(25)18-14(6)24)10-2-7(20)9(31-10)5-30-36(29,34-35(26,27)28)33-15-13(23)12(22)11(21)8(3-17)32-15/h4,7-13,15,20-23H,2-3,5,17H2,1H3,(H,18,24,25)(H2,26,27,28)/t7?,8-,9-,10-,11-,12+,13-,15+,36?/m1/s1. The minimum absolute atomic E-state index is 0.175. The smallest absolute Gasteiger partial charge is 0.390 e. The van der Waals surface area contributed by atoms with Crippen LogP contribution in [0.3, 0.4) is 0 Å². The molecule has 2 aliphatic heterocycles. The Bertz CT molecular complexity index is 1130. The number of phosphoric ester groups is 1. The SMILES string of the molecule is Cc1cn([C@H]2CC(O)[C@@H](COP(=O)(O[C@@H]3O[C@H](CN)[C@@H](O)[C@H](O)[C@H]3O)OP(=O)(O)O)O2)c(=O)[nH]c1=O. The predicted octanol–water partition coefficient (Wildman–Crippen LogP) is -3.49. The molecule has 0 aromatic carbocycles. The van der Waals surface area contributed by atoms with Crippen molar-refractivity contribution < 1.29 is 62.2 Å². The zero-order valence-electron chi connectivity index (χ0n) is 18.6. The third-order valence-electron chi connectivity index (χ3n) is 5.40. The molecule has 206 valence electrons. The topological polar surface area (TPSA) is 283 Å². The molecule has 18 nitrogen and oxygen atoms in total. The summed E-state index contributed by atoms with van der Waals surface area (Å²) in [6.45, 7) is 0.184. The van der Waals surface area contributed by atoms with Crippen molar-refractivity contribution in [1.29, 1.82) is 0 Å². The molecule has 0 spiro atoms. The number of nitrogens with one attached hydrogen (secondary N) is 1. The number of aliphatic hydroxyl groups excluding tert-OH is 4. The monoisotopic (exact) mass is 563 g/mol. The number of aromatic nitrogens is 2. The van der Waals surface area contributed by atoms with Crippen molar-refractivity contribution in [2.24, 2.45) is 5.73 Å². The molecule has 0 saturated carbocycles. The van der Waals surface area contributed by atoms with Crippen LogP contribution in [0, 0.1) is 6.92 Å². The van der Waals surface area contributed by atoms with Crippen LogP contribution >= 0.6 is 15.6 Å². The van der Waals surface area contributed by atoms with E-state index in [1.807, 2.05) is 0 Å². The second-order valence-corrected chi connectivity index (χ2v) is 11.1. The van der Waals surface area contributed by atoms with Gasteiger partial charge in [-0.25, -0.2) is 13.9 Å². The summed E-state index contributed by atoms with van der Waals surface area (Å²) in [4.78, 5) is 44.0. The predicted molar refractivity (Wildman–Crippen MR) is 114 cm³/mol. The van der Waals surface area contributed by atoms with Crippen LogP contribution in [0.15, 0.2) is 15.8 Å². The van der Waals surface area contributed by atoms with Gasteiger partial charge in [-0.05, 0) is 6.92 Å². The van der Waals surface area contributed by atoms with Gasteiger partial charge in [0, 0.05) is 24.7 Å². The summed E-state index contributed by atoms with van der Waals surface area (Å²) in [5, 5.41) is 40.2. The van der Waals surface area contributed by atoms with E-state index >= 15 is 0 Å².